The van der Waals surface area contributed by atoms with Gasteiger partial charge >= 0.3 is 6.09 Å². The van der Waals surface area contributed by atoms with E-state index in [-0.39, 0.29) is 24.0 Å². The van der Waals surface area contributed by atoms with E-state index in [1.165, 1.54) is 0 Å². The number of carbonyl (C=O) groups is 2. The number of amides is 2. The number of hydrogen-bond acceptors (Lipinski definition) is 3. The first-order valence-corrected chi connectivity index (χ1v) is 9.41. The maximum Gasteiger partial charge on any atom is 0.410 e. The molecule has 1 aromatic rings. The van der Waals surface area contributed by atoms with Gasteiger partial charge in [-0.2, -0.15) is 0 Å². The molecule has 138 valence electrons. The maximum absolute atomic E-state index is 12.8. The summed E-state index contributed by atoms with van der Waals surface area (Å²) in [6.07, 6.45) is -0.313. The normalized spacial score (nSPS) is 19.5. The van der Waals surface area contributed by atoms with Crippen LogP contribution in [-0.4, -0.2) is 53.1 Å². The third-order valence-corrected chi connectivity index (χ3v) is 4.78. The molecule has 0 radical (unpaired) electrons. The van der Waals surface area contributed by atoms with Crippen molar-refractivity contribution in [1.29, 1.82) is 0 Å². The smallest absolute Gasteiger partial charge is 0.410 e. The topological polar surface area (TPSA) is 49.9 Å². The van der Waals surface area contributed by atoms with Crippen LogP contribution in [0.25, 0.3) is 0 Å². The first kappa shape index (κ1) is 19.8. The molecule has 0 N–H and O–H groups in total. The van der Waals surface area contributed by atoms with Crippen LogP contribution < -0.4 is 0 Å². The average molecular weight is 411 g/mol. The van der Waals surface area contributed by atoms with Gasteiger partial charge in [0.25, 0.3) is 0 Å². The number of hydrogen-bond donors (Lipinski definition) is 0. The fraction of sp³-hybridized carbons (Fsp3) is 0.579. The molecule has 0 aromatic heterocycles. The minimum atomic E-state index is -0.515. The van der Waals surface area contributed by atoms with Gasteiger partial charge in [0.1, 0.15) is 5.60 Å². The van der Waals surface area contributed by atoms with E-state index >= 15 is 0 Å². The van der Waals surface area contributed by atoms with E-state index in [9.17, 15) is 9.59 Å². The highest BCUT2D eigenvalue weighted by Gasteiger charge is 2.33. The SMILES string of the molecule is CC(C(=O)N1CCN(C(=O)OC(C)(C)C)C(C)C1)c1cccc(Br)c1. The van der Waals surface area contributed by atoms with Crippen LogP contribution in [-0.2, 0) is 9.53 Å². The molecule has 5 nitrogen and oxygen atoms in total. The van der Waals surface area contributed by atoms with Gasteiger partial charge in [-0.3, -0.25) is 4.79 Å². The van der Waals surface area contributed by atoms with Gasteiger partial charge in [-0.15, -0.1) is 0 Å². The number of ether oxygens (including phenoxy) is 1. The molecular weight excluding hydrogens is 384 g/mol. The van der Waals surface area contributed by atoms with Gasteiger partial charge in [0.2, 0.25) is 5.91 Å². The second-order valence-corrected chi connectivity index (χ2v) is 8.50. The van der Waals surface area contributed by atoms with Crippen LogP contribution >= 0.6 is 15.9 Å². The second kappa shape index (κ2) is 7.77. The Labute approximate surface area is 158 Å². The summed E-state index contributed by atoms with van der Waals surface area (Å²) in [5.41, 5.74) is 0.473. The zero-order valence-corrected chi connectivity index (χ0v) is 17.2. The van der Waals surface area contributed by atoms with Crippen molar-refractivity contribution in [3.8, 4) is 0 Å². The molecule has 6 heteroatoms. The van der Waals surface area contributed by atoms with Gasteiger partial charge < -0.3 is 14.5 Å². The van der Waals surface area contributed by atoms with Gasteiger partial charge in [0.15, 0.2) is 0 Å². The minimum Gasteiger partial charge on any atom is -0.444 e. The lowest BCUT2D eigenvalue weighted by atomic mass is 9.99. The first-order valence-electron chi connectivity index (χ1n) is 8.62. The summed E-state index contributed by atoms with van der Waals surface area (Å²) < 4.78 is 6.42. The summed E-state index contributed by atoms with van der Waals surface area (Å²) in [4.78, 5) is 28.7. The maximum atomic E-state index is 12.8. The van der Waals surface area contributed by atoms with Gasteiger partial charge in [0.05, 0.1) is 5.92 Å². The largest absolute Gasteiger partial charge is 0.444 e. The van der Waals surface area contributed by atoms with Crippen LogP contribution in [0.3, 0.4) is 0 Å². The van der Waals surface area contributed by atoms with E-state index in [1.807, 2.05) is 63.8 Å². The molecule has 1 aromatic carbocycles. The number of rotatable bonds is 2. The van der Waals surface area contributed by atoms with Crippen molar-refractivity contribution in [2.45, 2.75) is 52.2 Å². The first-order chi connectivity index (χ1) is 11.6. The molecular formula is C19H27BrN2O3. The molecule has 1 aliphatic heterocycles. The summed E-state index contributed by atoms with van der Waals surface area (Å²) in [5, 5.41) is 0. The molecule has 1 heterocycles. The molecule has 2 unspecified atom stereocenters. The Morgan fingerprint density at radius 2 is 1.96 bits per heavy atom. The van der Waals surface area contributed by atoms with Crippen molar-refractivity contribution >= 4 is 27.9 Å². The van der Waals surface area contributed by atoms with E-state index < -0.39 is 5.60 Å². The Morgan fingerprint density at radius 1 is 1.28 bits per heavy atom. The van der Waals surface area contributed by atoms with Crippen molar-refractivity contribution in [1.82, 2.24) is 9.80 Å². The van der Waals surface area contributed by atoms with E-state index in [2.05, 4.69) is 15.9 Å². The quantitative estimate of drug-likeness (QED) is 0.739. The average Bonchev–Trinajstić information content (AvgIpc) is 2.51. The molecule has 1 saturated heterocycles. The lowest BCUT2D eigenvalue weighted by Gasteiger charge is -2.41. The van der Waals surface area contributed by atoms with Crippen LogP contribution in [0.4, 0.5) is 4.79 Å². The summed E-state index contributed by atoms with van der Waals surface area (Å²) in [5.74, 6) is -0.119. The van der Waals surface area contributed by atoms with Crippen LogP contribution in [0.2, 0.25) is 0 Å². The molecule has 0 aliphatic carbocycles. The van der Waals surface area contributed by atoms with Crippen LogP contribution in [0.15, 0.2) is 28.7 Å². The fourth-order valence-corrected chi connectivity index (χ4v) is 3.36. The zero-order chi connectivity index (χ0) is 18.8. The number of halogens is 1. The van der Waals surface area contributed by atoms with Gasteiger partial charge in [-0.1, -0.05) is 28.1 Å². The summed E-state index contributed by atoms with van der Waals surface area (Å²) in [6, 6.07) is 7.76. The van der Waals surface area contributed by atoms with Crippen LogP contribution in [0, 0.1) is 0 Å². The predicted octanol–water partition coefficient (Wildman–Crippen LogP) is 4.02. The highest BCUT2D eigenvalue weighted by atomic mass is 79.9. The summed E-state index contributed by atoms with van der Waals surface area (Å²) in [6.45, 7) is 11.0. The highest BCUT2D eigenvalue weighted by molar-refractivity contribution is 9.10. The lowest BCUT2D eigenvalue weighted by Crippen LogP contribution is -2.56. The molecule has 25 heavy (non-hydrogen) atoms. The van der Waals surface area contributed by atoms with E-state index in [0.717, 1.165) is 10.0 Å². The van der Waals surface area contributed by atoms with Crippen molar-refractivity contribution in [3.05, 3.63) is 34.3 Å². The van der Waals surface area contributed by atoms with E-state index in [4.69, 9.17) is 4.74 Å². The Kier molecular flexibility index (Phi) is 6.14. The van der Waals surface area contributed by atoms with Crippen molar-refractivity contribution in [3.63, 3.8) is 0 Å². The number of carbonyl (C=O) groups excluding carboxylic acids is 2. The highest BCUT2D eigenvalue weighted by Crippen LogP contribution is 2.23. The lowest BCUT2D eigenvalue weighted by molar-refractivity contribution is -0.135. The van der Waals surface area contributed by atoms with Crippen molar-refractivity contribution in [2.24, 2.45) is 0 Å². The fourth-order valence-electron chi connectivity index (χ4n) is 2.94. The molecule has 0 spiro atoms. The number of benzene rings is 1. The van der Waals surface area contributed by atoms with E-state index in [1.54, 1.807) is 4.90 Å². The molecule has 0 bridgehead atoms. The van der Waals surface area contributed by atoms with Gasteiger partial charge in [-0.05, 0) is 52.3 Å². The molecule has 2 atom stereocenters. The standard InChI is InChI=1S/C19H27BrN2O3/c1-13-12-21(9-10-22(13)18(24)25-19(3,4)5)17(23)14(2)15-7-6-8-16(20)11-15/h6-8,11,13-14H,9-10,12H2,1-5H3. The number of nitrogens with zero attached hydrogens (tertiary/aromatic N) is 2. The third kappa shape index (κ3) is 5.21. The number of piperazine rings is 1. The zero-order valence-electron chi connectivity index (χ0n) is 15.6. The molecule has 1 aliphatic rings. The predicted molar refractivity (Wildman–Crippen MR) is 102 cm³/mol. The van der Waals surface area contributed by atoms with Gasteiger partial charge in [0, 0.05) is 30.1 Å². The Hall–Kier alpha value is -1.56. The van der Waals surface area contributed by atoms with Crippen molar-refractivity contribution < 1.29 is 14.3 Å². The Morgan fingerprint density at radius 3 is 2.52 bits per heavy atom. The summed E-state index contributed by atoms with van der Waals surface area (Å²) >= 11 is 3.45. The van der Waals surface area contributed by atoms with Gasteiger partial charge in [-0.25, -0.2) is 4.79 Å². The minimum absolute atomic E-state index is 0.0674. The van der Waals surface area contributed by atoms with Crippen LogP contribution in [0.1, 0.15) is 46.1 Å². The second-order valence-electron chi connectivity index (χ2n) is 7.58. The monoisotopic (exact) mass is 410 g/mol. The Balaban J connectivity index is 2.00. The van der Waals surface area contributed by atoms with E-state index in [0.29, 0.717) is 19.6 Å². The Bertz CT molecular complexity index is 642. The molecule has 2 amide bonds. The molecule has 1 fully saturated rings. The molecule has 0 saturated carbocycles. The van der Waals surface area contributed by atoms with Crippen LogP contribution in [0.5, 0.6) is 0 Å². The summed E-state index contributed by atoms with van der Waals surface area (Å²) in [7, 11) is 0. The molecule has 2 rings (SSSR count). The van der Waals surface area contributed by atoms with Crippen molar-refractivity contribution in [2.75, 3.05) is 19.6 Å². The third-order valence-electron chi connectivity index (χ3n) is 4.29.